The highest BCUT2D eigenvalue weighted by Gasteiger charge is 2.66. The van der Waals surface area contributed by atoms with Crippen molar-refractivity contribution in [2.24, 2.45) is 29.1 Å². The Morgan fingerprint density at radius 1 is 1.12 bits per heavy atom. The van der Waals surface area contributed by atoms with E-state index in [1.807, 2.05) is 6.92 Å². The van der Waals surface area contributed by atoms with Gasteiger partial charge in [0.15, 0.2) is 0 Å². The van der Waals surface area contributed by atoms with Gasteiger partial charge in [0, 0.05) is 25.4 Å². The van der Waals surface area contributed by atoms with Crippen molar-refractivity contribution >= 4 is 30.0 Å². The number of carbonyl (C=O) groups excluding carboxylic acids is 3. The molecule has 1 saturated heterocycles. The molecule has 0 aromatic rings. The molecule has 24 heavy (non-hydrogen) atoms. The van der Waals surface area contributed by atoms with Gasteiger partial charge in [-0.1, -0.05) is 27.7 Å². The molecular weight excluding hydrogens is 328 g/mol. The summed E-state index contributed by atoms with van der Waals surface area (Å²) in [6.45, 7) is 11.3. The summed E-state index contributed by atoms with van der Waals surface area (Å²) >= 11 is 0. The number of halogens is 1. The Kier molecular flexibility index (Phi) is 5.46. The second-order valence-electron chi connectivity index (χ2n) is 7.86. The molecule has 4 aliphatic rings. The van der Waals surface area contributed by atoms with Crippen LogP contribution in [0.2, 0.25) is 0 Å². The molecule has 0 radical (unpaired) electrons. The first-order chi connectivity index (χ1) is 10.8. The molecule has 5 nitrogen and oxygen atoms in total. The van der Waals surface area contributed by atoms with Gasteiger partial charge in [-0.05, 0) is 30.8 Å². The number of Topliss-reactive ketones (excluding diaryl/α,β-unsaturated/α-hetero) is 1. The third-order valence-electron chi connectivity index (χ3n) is 6.47. The number of likely N-dealkylation sites (N-methyl/N-ethyl adjacent to an activating group) is 1. The minimum absolute atomic E-state index is 0. The van der Waals surface area contributed by atoms with Gasteiger partial charge in [0.25, 0.3) is 0 Å². The minimum Gasteiger partial charge on any atom is -0.302 e. The Morgan fingerprint density at radius 2 is 1.75 bits per heavy atom. The van der Waals surface area contributed by atoms with E-state index in [2.05, 4.69) is 25.7 Å². The number of ketones is 1. The maximum absolute atomic E-state index is 12.9. The van der Waals surface area contributed by atoms with Crippen LogP contribution >= 0.6 is 12.4 Å². The Bertz CT molecular complexity index is 548. The standard InChI is InChI=1S/C18H28N2O3.ClH/c1-5-19(6-2)7-8-20-16(22)14-13-11(3)9-18(4,10-12(13)21)15(14)17(20)23;/h11,13-15H,5-10H2,1-4H3;1H. The van der Waals surface area contributed by atoms with Crippen molar-refractivity contribution in [1.29, 1.82) is 0 Å². The van der Waals surface area contributed by atoms with Gasteiger partial charge in [-0.25, -0.2) is 0 Å². The smallest absolute Gasteiger partial charge is 0.233 e. The van der Waals surface area contributed by atoms with E-state index in [0.717, 1.165) is 26.1 Å². The summed E-state index contributed by atoms with van der Waals surface area (Å²) in [4.78, 5) is 41.9. The van der Waals surface area contributed by atoms with Crippen LogP contribution in [0.5, 0.6) is 0 Å². The highest BCUT2D eigenvalue weighted by molar-refractivity contribution is 6.09. The number of carbonyl (C=O) groups is 3. The third kappa shape index (κ3) is 2.70. The van der Waals surface area contributed by atoms with Crippen LogP contribution in [0.25, 0.3) is 0 Å². The molecule has 2 amide bonds. The summed E-state index contributed by atoms with van der Waals surface area (Å²) in [5.74, 6) is -0.625. The Labute approximate surface area is 150 Å². The predicted octanol–water partition coefficient (Wildman–Crippen LogP) is 1.99. The number of amides is 2. The average Bonchev–Trinajstić information content (AvgIpc) is 2.73. The molecule has 5 unspecified atom stereocenters. The van der Waals surface area contributed by atoms with Crippen LogP contribution in [0.3, 0.4) is 0 Å². The molecule has 1 heterocycles. The average molecular weight is 357 g/mol. The van der Waals surface area contributed by atoms with Crippen molar-refractivity contribution in [3.63, 3.8) is 0 Å². The van der Waals surface area contributed by atoms with Crippen LogP contribution in [0.1, 0.15) is 40.5 Å². The second kappa shape index (κ2) is 6.75. The molecule has 136 valence electrons. The topological polar surface area (TPSA) is 57.7 Å². The van der Waals surface area contributed by atoms with Gasteiger partial charge in [0.05, 0.1) is 11.8 Å². The van der Waals surface area contributed by atoms with Crippen LogP contribution in [-0.4, -0.2) is 53.6 Å². The van der Waals surface area contributed by atoms with Crippen LogP contribution in [0.15, 0.2) is 0 Å². The van der Waals surface area contributed by atoms with Crippen molar-refractivity contribution in [1.82, 2.24) is 9.80 Å². The van der Waals surface area contributed by atoms with Crippen molar-refractivity contribution in [2.75, 3.05) is 26.2 Å². The monoisotopic (exact) mass is 356 g/mol. The lowest BCUT2D eigenvalue weighted by Crippen LogP contribution is -2.56. The van der Waals surface area contributed by atoms with Crippen molar-refractivity contribution in [3.05, 3.63) is 0 Å². The quantitative estimate of drug-likeness (QED) is 0.707. The van der Waals surface area contributed by atoms with Crippen LogP contribution in [0, 0.1) is 29.1 Å². The molecule has 3 aliphatic carbocycles. The van der Waals surface area contributed by atoms with E-state index >= 15 is 0 Å². The van der Waals surface area contributed by atoms with Gasteiger partial charge in [-0.3, -0.25) is 19.3 Å². The maximum atomic E-state index is 12.9. The molecule has 0 aromatic heterocycles. The molecule has 4 rings (SSSR count). The summed E-state index contributed by atoms with van der Waals surface area (Å²) in [7, 11) is 0. The van der Waals surface area contributed by atoms with Crippen LogP contribution in [0.4, 0.5) is 0 Å². The zero-order valence-corrected chi connectivity index (χ0v) is 15.9. The molecule has 5 atom stereocenters. The molecule has 3 saturated carbocycles. The summed E-state index contributed by atoms with van der Waals surface area (Å²) < 4.78 is 0. The summed E-state index contributed by atoms with van der Waals surface area (Å²) in [5.41, 5.74) is -0.327. The Hall–Kier alpha value is -0.940. The van der Waals surface area contributed by atoms with Gasteiger partial charge in [0.1, 0.15) is 5.78 Å². The lowest BCUT2D eigenvalue weighted by atomic mass is 9.48. The largest absolute Gasteiger partial charge is 0.302 e. The summed E-state index contributed by atoms with van der Waals surface area (Å²) in [5, 5.41) is 0. The van der Waals surface area contributed by atoms with E-state index in [9.17, 15) is 14.4 Å². The van der Waals surface area contributed by atoms with E-state index in [1.165, 1.54) is 4.90 Å². The number of fused-ring (bicyclic) bond motifs is 2. The van der Waals surface area contributed by atoms with Gasteiger partial charge >= 0.3 is 0 Å². The number of nitrogens with zero attached hydrogens (tertiary/aromatic N) is 2. The number of hydrogen-bond donors (Lipinski definition) is 0. The van der Waals surface area contributed by atoms with Crippen molar-refractivity contribution < 1.29 is 14.4 Å². The van der Waals surface area contributed by atoms with E-state index in [4.69, 9.17) is 0 Å². The first kappa shape index (κ1) is 19.4. The fourth-order valence-electron chi connectivity index (χ4n) is 5.41. The second-order valence-corrected chi connectivity index (χ2v) is 7.86. The van der Waals surface area contributed by atoms with E-state index in [-0.39, 0.29) is 53.2 Å². The molecule has 0 aromatic carbocycles. The highest BCUT2D eigenvalue weighted by atomic mass is 35.5. The molecule has 4 fully saturated rings. The first-order valence-corrected chi connectivity index (χ1v) is 8.94. The number of likely N-dealkylation sites (tertiary alicyclic amines) is 1. The van der Waals surface area contributed by atoms with E-state index in [1.54, 1.807) is 0 Å². The highest BCUT2D eigenvalue weighted by Crippen LogP contribution is 2.60. The summed E-state index contributed by atoms with van der Waals surface area (Å²) in [6, 6.07) is 0. The van der Waals surface area contributed by atoms with Gasteiger partial charge in [-0.15, -0.1) is 12.4 Å². The van der Waals surface area contributed by atoms with Crippen LogP contribution in [-0.2, 0) is 14.4 Å². The van der Waals surface area contributed by atoms with E-state index in [0.29, 0.717) is 13.0 Å². The lowest BCUT2D eigenvalue weighted by molar-refractivity contribution is -0.157. The fraction of sp³-hybridized carbons (Fsp3) is 0.833. The zero-order chi connectivity index (χ0) is 16.9. The fourth-order valence-corrected chi connectivity index (χ4v) is 5.41. The zero-order valence-electron chi connectivity index (χ0n) is 15.1. The molecular formula is C18H29ClN2O3. The normalized spacial score (nSPS) is 37.9. The molecule has 2 bridgehead atoms. The number of hydrogen-bond acceptors (Lipinski definition) is 4. The maximum Gasteiger partial charge on any atom is 0.233 e. The minimum atomic E-state index is -0.394. The van der Waals surface area contributed by atoms with Gasteiger partial charge < -0.3 is 4.90 Å². The molecule has 0 spiro atoms. The van der Waals surface area contributed by atoms with E-state index < -0.39 is 5.92 Å². The van der Waals surface area contributed by atoms with Gasteiger partial charge in [0.2, 0.25) is 11.8 Å². The SMILES string of the molecule is CCN(CC)CCN1C(=O)C2C3C(=O)CC(C)(CC3C)C2C1=O.Cl. The first-order valence-electron chi connectivity index (χ1n) is 8.94. The van der Waals surface area contributed by atoms with Crippen molar-refractivity contribution in [3.8, 4) is 0 Å². The lowest BCUT2D eigenvalue weighted by Gasteiger charge is -2.52. The van der Waals surface area contributed by atoms with Crippen molar-refractivity contribution in [2.45, 2.75) is 40.5 Å². The molecule has 0 N–H and O–H groups in total. The van der Waals surface area contributed by atoms with Crippen LogP contribution < -0.4 is 0 Å². The number of imide groups is 1. The summed E-state index contributed by atoms with van der Waals surface area (Å²) in [6.07, 6.45) is 1.35. The van der Waals surface area contributed by atoms with Gasteiger partial charge in [-0.2, -0.15) is 0 Å². The Morgan fingerprint density at radius 3 is 2.29 bits per heavy atom. The third-order valence-corrected chi connectivity index (χ3v) is 6.47. The molecule has 6 heteroatoms. The molecule has 1 aliphatic heterocycles. The predicted molar refractivity (Wildman–Crippen MR) is 93.7 cm³/mol. The Balaban J connectivity index is 0.00000208. The number of rotatable bonds is 5.